The fraction of sp³-hybridized carbons (Fsp3) is 0.588. The Balaban J connectivity index is 2.20. The van der Waals surface area contributed by atoms with Gasteiger partial charge in [0.15, 0.2) is 0 Å². The van der Waals surface area contributed by atoms with Crippen molar-refractivity contribution in [2.45, 2.75) is 46.0 Å². The van der Waals surface area contributed by atoms with Crippen molar-refractivity contribution in [2.24, 2.45) is 5.92 Å². The first-order valence-corrected chi connectivity index (χ1v) is 7.89. The minimum atomic E-state index is -0.0606. The SMILES string of the molecule is CCCCC(CC)COCCC(=O)Nc1ccccc1N. The van der Waals surface area contributed by atoms with Crippen molar-refractivity contribution in [2.75, 3.05) is 24.3 Å². The van der Waals surface area contributed by atoms with Crippen LogP contribution in [-0.4, -0.2) is 19.1 Å². The molecule has 0 spiro atoms. The van der Waals surface area contributed by atoms with E-state index in [1.54, 1.807) is 12.1 Å². The van der Waals surface area contributed by atoms with Crippen molar-refractivity contribution in [3.8, 4) is 0 Å². The van der Waals surface area contributed by atoms with E-state index in [2.05, 4.69) is 19.2 Å². The first kappa shape index (κ1) is 17.5. The number of anilines is 2. The van der Waals surface area contributed by atoms with E-state index in [9.17, 15) is 4.79 Å². The Morgan fingerprint density at radius 3 is 2.76 bits per heavy atom. The molecule has 0 heterocycles. The highest BCUT2D eigenvalue weighted by Gasteiger charge is 2.08. The lowest BCUT2D eigenvalue weighted by molar-refractivity contribution is -0.117. The van der Waals surface area contributed by atoms with Crippen LogP contribution in [-0.2, 0) is 9.53 Å². The summed E-state index contributed by atoms with van der Waals surface area (Å²) in [7, 11) is 0. The summed E-state index contributed by atoms with van der Waals surface area (Å²) in [5.41, 5.74) is 7.03. The van der Waals surface area contributed by atoms with Gasteiger partial charge in [-0.15, -0.1) is 0 Å². The Morgan fingerprint density at radius 2 is 2.10 bits per heavy atom. The molecular weight excluding hydrogens is 264 g/mol. The van der Waals surface area contributed by atoms with Gasteiger partial charge < -0.3 is 15.8 Å². The minimum Gasteiger partial charge on any atom is -0.397 e. The van der Waals surface area contributed by atoms with Crippen LogP contribution in [0.15, 0.2) is 24.3 Å². The lowest BCUT2D eigenvalue weighted by Crippen LogP contribution is -2.17. The standard InChI is InChI=1S/C17H28N2O2/c1-3-5-8-14(4-2)13-21-12-11-17(20)19-16-10-7-6-9-15(16)18/h6-7,9-10,14H,3-5,8,11-13,18H2,1-2H3,(H,19,20). The summed E-state index contributed by atoms with van der Waals surface area (Å²) in [6.45, 7) is 5.60. The number of para-hydroxylation sites is 2. The van der Waals surface area contributed by atoms with Crippen LogP contribution in [0.4, 0.5) is 11.4 Å². The maximum absolute atomic E-state index is 11.8. The van der Waals surface area contributed by atoms with Gasteiger partial charge in [-0.25, -0.2) is 0 Å². The topological polar surface area (TPSA) is 64.3 Å². The first-order chi connectivity index (χ1) is 10.2. The highest BCUT2D eigenvalue weighted by atomic mass is 16.5. The molecule has 0 aliphatic rings. The summed E-state index contributed by atoms with van der Waals surface area (Å²) >= 11 is 0. The third-order valence-electron chi connectivity index (χ3n) is 3.61. The molecule has 0 aromatic heterocycles. The molecular formula is C17H28N2O2. The minimum absolute atomic E-state index is 0.0606. The number of nitrogens with one attached hydrogen (secondary N) is 1. The van der Waals surface area contributed by atoms with Crippen molar-refractivity contribution in [3.05, 3.63) is 24.3 Å². The molecule has 1 unspecified atom stereocenters. The molecule has 0 aliphatic carbocycles. The molecule has 4 nitrogen and oxygen atoms in total. The normalized spacial score (nSPS) is 12.1. The highest BCUT2D eigenvalue weighted by molar-refractivity contribution is 5.93. The molecule has 0 saturated carbocycles. The molecule has 0 aliphatic heterocycles. The lowest BCUT2D eigenvalue weighted by atomic mass is 10.0. The number of benzene rings is 1. The van der Waals surface area contributed by atoms with Crippen LogP contribution in [0, 0.1) is 5.92 Å². The average Bonchev–Trinajstić information content (AvgIpc) is 2.49. The summed E-state index contributed by atoms with van der Waals surface area (Å²) in [5.74, 6) is 0.548. The third kappa shape index (κ3) is 7.14. The summed E-state index contributed by atoms with van der Waals surface area (Å²) in [6.07, 6.45) is 5.16. The third-order valence-corrected chi connectivity index (χ3v) is 3.61. The molecule has 1 rings (SSSR count). The zero-order valence-corrected chi connectivity index (χ0v) is 13.2. The quantitative estimate of drug-likeness (QED) is 0.509. The Kier molecular flexibility index (Phi) is 8.51. The molecule has 118 valence electrons. The van der Waals surface area contributed by atoms with Crippen molar-refractivity contribution in [3.63, 3.8) is 0 Å². The largest absolute Gasteiger partial charge is 0.397 e. The second-order valence-electron chi connectivity index (χ2n) is 5.38. The number of carbonyl (C=O) groups is 1. The Bertz CT molecular complexity index is 421. The lowest BCUT2D eigenvalue weighted by Gasteiger charge is -2.14. The molecule has 4 heteroatoms. The van der Waals surface area contributed by atoms with E-state index in [0.717, 1.165) is 13.0 Å². The smallest absolute Gasteiger partial charge is 0.226 e. The highest BCUT2D eigenvalue weighted by Crippen LogP contribution is 2.17. The molecule has 1 atom stereocenters. The van der Waals surface area contributed by atoms with Crippen LogP contribution in [0.2, 0.25) is 0 Å². The summed E-state index contributed by atoms with van der Waals surface area (Å²) in [5, 5.41) is 2.80. The van der Waals surface area contributed by atoms with Gasteiger partial charge >= 0.3 is 0 Å². The van der Waals surface area contributed by atoms with E-state index in [4.69, 9.17) is 10.5 Å². The van der Waals surface area contributed by atoms with Crippen molar-refractivity contribution >= 4 is 17.3 Å². The zero-order valence-electron chi connectivity index (χ0n) is 13.2. The van der Waals surface area contributed by atoms with Crippen LogP contribution < -0.4 is 11.1 Å². The molecule has 1 aromatic rings. The molecule has 0 fully saturated rings. The second kappa shape index (κ2) is 10.2. The van der Waals surface area contributed by atoms with Gasteiger partial charge in [-0.3, -0.25) is 4.79 Å². The van der Waals surface area contributed by atoms with Crippen LogP contribution in [0.5, 0.6) is 0 Å². The van der Waals surface area contributed by atoms with Gasteiger partial charge in [0, 0.05) is 6.61 Å². The Hall–Kier alpha value is -1.55. The Labute approximate surface area is 128 Å². The fourth-order valence-electron chi connectivity index (χ4n) is 2.14. The van der Waals surface area contributed by atoms with Crippen LogP contribution >= 0.6 is 0 Å². The summed E-state index contributed by atoms with van der Waals surface area (Å²) < 4.78 is 5.63. The van der Waals surface area contributed by atoms with Crippen LogP contribution in [0.25, 0.3) is 0 Å². The molecule has 0 saturated heterocycles. The second-order valence-corrected chi connectivity index (χ2v) is 5.38. The first-order valence-electron chi connectivity index (χ1n) is 7.89. The van der Waals surface area contributed by atoms with Crippen molar-refractivity contribution in [1.82, 2.24) is 0 Å². The number of hydrogen-bond donors (Lipinski definition) is 2. The average molecular weight is 292 g/mol. The molecule has 1 amide bonds. The monoisotopic (exact) mass is 292 g/mol. The molecule has 0 radical (unpaired) electrons. The molecule has 21 heavy (non-hydrogen) atoms. The van der Waals surface area contributed by atoms with E-state index in [0.29, 0.717) is 30.3 Å². The molecule has 3 N–H and O–H groups in total. The number of nitrogen functional groups attached to an aromatic ring is 1. The van der Waals surface area contributed by atoms with Gasteiger partial charge in [-0.1, -0.05) is 45.2 Å². The predicted octanol–water partition coefficient (Wildman–Crippen LogP) is 3.83. The fourth-order valence-corrected chi connectivity index (χ4v) is 2.14. The number of amides is 1. The van der Waals surface area contributed by atoms with Gasteiger partial charge in [-0.05, 0) is 24.5 Å². The number of hydrogen-bond acceptors (Lipinski definition) is 3. The van der Waals surface area contributed by atoms with Gasteiger partial charge in [0.25, 0.3) is 0 Å². The van der Waals surface area contributed by atoms with E-state index in [1.165, 1.54) is 19.3 Å². The summed E-state index contributed by atoms with van der Waals surface area (Å²) in [4.78, 5) is 11.8. The van der Waals surface area contributed by atoms with E-state index in [-0.39, 0.29) is 5.91 Å². The predicted molar refractivity (Wildman–Crippen MR) is 88.2 cm³/mol. The maximum atomic E-state index is 11.8. The summed E-state index contributed by atoms with van der Waals surface area (Å²) in [6, 6.07) is 7.26. The maximum Gasteiger partial charge on any atom is 0.226 e. The number of rotatable bonds is 10. The van der Waals surface area contributed by atoms with E-state index in [1.807, 2.05) is 12.1 Å². The molecule has 1 aromatic carbocycles. The van der Waals surface area contributed by atoms with Crippen LogP contribution in [0.3, 0.4) is 0 Å². The number of carbonyl (C=O) groups excluding carboxylic acids is 1. The number of unbranched alkanes of at least 4 members (excludes halogenated alkanes) is 1. The van der Waals surface area contributed by atoms with Gasteiger partial charge in [0.2, 0.25) is 5.91 Å². The number of ether oxygens (including phenoxy) is 1. The van der Waals surface area contributed by atoms with Gasteiger partial charge in [0.1, 0.15) is 0 Å². The van der Waals surface area contributed by atoms with E-state index >= 15 is 0 Å². The van der Waals surface area contributed by atoms with Crippen LogP contribution in [0.1, 0.15) is 46.0 Å². The van der Waals surface area contributed by atoms with Crippen molar-refractivity contribution in [1.29, 1.82) is 0 Å². The Morgan fingerprint density at radius 1 is 1.33 bits per heavy atom. The van der Waals surface area contributed by atoms with E-state index < -0.39 is 0 Å². The molecule has 0 bridgehead atoms. The van der Waals surface area contributed by atoms with Gasteiger partial charge in [-0.2, -0.15) is 0 Å². The van der Waals surface area contributed by atoms with Gasteiger partial charge in [0.05, 0.1) is 24.4 Å². The number of nitrogens with two attached hydrogens (primary N) is 1. The van der Waals surface area contributed by atoms with Crippen molar-refractivity contribution < 1.29 is 9.53 Å². The zero-order chi connectivity index (χ0) is 15.5.